The maximum Gasteiger partial charge on any atom is 0.166 e. The molecule has 0 spiro atoms. The molecule has 1 aromatic carbocycles. The first-order valence-electron chi connectivity index (χ1n) is 10.7. The van der Waals surface area contributed by atoms with Gasteiger partial charge in [0, 0.05) is 34.1 Å². The molecule has 1 fully saturated rings. The van der Waals surface area contributed by atoms with Gasteiger partial charge in [-0.25, -0.2) is 4.98 Å². The standard InChI is InChI=1S/C24H26Cl2N4O3/c1-14(21-17(25)4-5-18(32-2)22(21)26)33-19-11-16(13-30-23(19)27)15-3-6-20(29-12-15)24(31)7-9-28-10-8-24/h3-6,11-14,28,31H,7-10H2,1-2H3,(H2,27,30). The summed E-state index contributed by atoms with van der Waals surface area (Å²) in [5.41, 5.74) is 8.07. The summed E-state index contributed by atoms with van der Waals surface area (Å²) in [6, 6.07) is 8.99. The van der Waals surface area contributed by atoms with Gasteiger partial charge in [-0.2, -0.15) is 0 Å². The monoisotopic (exact) mass is 488 g/mol. The fraction of sp³-hybridized carbons (Fsp3) is 0.333. The Labute approximate surface area is 202 Å². The zero-order valence-electron chi connectivity index (χ0n) is 18.4. The van der Waals surface area contributed by atoms with Crippen molar-refractivity contribution >= 4 is 29.0 Å². The number of rotatable bonds is 6. The second-order valence-electron chi connectivity index (χ2n) is 8.06. The Kier molecular flexibility index (Phi) is 6.95. The highest BCUT2D eigenvalue weighted by atomic mass is 35.5. The van der Waals surface area contributed by atoms with Crippen LogP contribution < -0.4 is 20.5 Å². The minimum absolute atomic E-state index is 0.245. The van der Waals surface area contributed by atoms with Gasteiger partial charge in [0.05, 0.1) is 17.8 Å². The van der Waals surface area contributed by atoms with Gasteiger partial charge in [-0.05, 0) is 57.1 Å². The van der Waals surface area contributed by atoms with Crippen LogP contribution in [0, 0.1) is 0 Å². The van der Waals surface area contributed by atoms with E-state index in [1.54, 1.807) is 37.7 Å². The fourth-order valence-electron chi connectivity index (χ4n) is 3.97. The largest absolute Gasteiger partial charge is 0.495 e. The fourth-order valence-corrected chi connectivity index (χ4v) is 4.73. The van der Waals surface area contributed by atoms with E-state index in [4.69, 9.17) is 38.4 Å². The van der Waals surface area contributed by atoms with E-state index in [9.17, 15) is 5.11 Å². The Morgan fingerprint density at radius 3 is 2.45 bits per heavy atom. The number of aliphatic hydroxyl groups is 1. The van der Waals surface area contributed by atoms with Gasteiger partial charge in [0.25, 0.3) is 0 Å². The van der Waals surface area contributed by atoms with Gasteiger partial charge in [-0.15, -0.1) is 0 Å². The van der Waals surface area contributed by atoms with Crippen LogP contribution in [0.5, 0.6) is 11.5 Å². The molecule has 9 heteroatoms. The quantitative estimate of drug-likeness (QED) is 0.459. The van der Waals surface area contributed by atoms with Crippen LogP contribution in [0.3, 0.4) is 0 Å². The molecule has 1 atom stereocenters. The first-order valence-corrected chi connectivity index (χ1v) is 11.4. The van der Waals surface area contributed by atoms with E-state index in [1.807, 2.05) is 19.1 Å². The molecule has 2 aromatic heterocycles. The molecule has 3 aromatic rings. The minimum atomic E-state index is -0.901. The summed E-state index contributed by atoms with van der Waals surface area (Å²) in [6.45, 7) is 3.36. The maximum absolute atomic E-state index is 10.9. The number of methoxy groups -OCH3 is 1. The van der Waals surface area contributed by atoms with E-state index in [0.29, 0.717) is 45.6 Å². The van der Waals surface area contributed by atoms with Crippen LogP contribution in [0.2, 0.25) is 10.0 Å². The van der Waals surface area contributed by atoms with E-state index in [-0.39, 0.29) is 5.82 Å². The van der Waals surface area contributed by atoms with Gasteiger partial charge >= 0.3 is 0 Å². The Morgan fingerprint density at radius 1 is 1.06 bits per heavy atom. The average Bonchev–Trinajstić information content (AvgIpc) is 2.81. The number of hydrogen-bond donors (Lipinski definition) is 3. The van der Waals surface area contributed by atoms with Crippen molar-refractivity contribution in [2.75, 3.05) is 25.9 Å². The molecule has 4 N–H and O–H groups in total. The van der Waals surface area contributed by atoms with Gasteiger partial charge in [-0.3, -0.25) is 4.98 Å². The third kappa shape index (κ3) is 4.87. The molecule has 3 heterocycles. The Balaban J connectivity index is 1.59. The Bertz CT molecular complexity index is 1140. The third-order valence-electron chi connectivity index (χ3n) is 5.91. The molecule has 0 bridgehead atoms. The van der Waals surface area contributed by atoms with Crippen LogP contribution >= 0.6 is 23.2 Å². The van der Waals surface area contributed by atoms with Crippen molar-refractivity contribution in [1.29, 1.82) is 0 Å². The highest BCUT2D eigenvalue weighted by Crippen LogP contribution is 2.40. The zero-order chi connectivity index (χ0) is 23.6. The molecule has 1 aliphatic rings. The number of ether oxygens (including phenoxy) is 2. The Morgan fingerprint density at radius 2 is 1.79 bits per heavy atom. The topological polar surface area (TPSA) is 103 Å². The molecule has 0 aliphatic carbocycles. The molecular weight excluding hydrogens is 463 g/mol. The normalized spacial score (nSPS) is 16.3. The first kappa shape index (κ1) is 23.6. The molecule has 7 nitrogen and oxygen atoms in total. The molecule has 33 heavy (non-hydrogen) atoms. The number of piperidine rings is 1. The summed E-state index contributed by atoms with van der Waals surface area (Å²) >= 11 is 12.8. The number of halogens is 2. The van der Waals surface area contributed by atoms with Crippen molar-refractivity contribution in [2.45, 2.75) is 31.5 Å². The lowest BCUT2D eigenvalue weighted by Crippen LogP contribution is -2.40. The molecule has 0 saturated carbocycles. The van der Waals surface area contributed by atoms with Gasteiger partial charge in [-0.1, -0.05) is 29.3 Å². The van der Waals surface area contributed by atoms with Crippen molar-refractivity contribution < 1.29 is 14.6 Å². The van der Waals surface area contributed by atoms with Gasteiger partial charge in [0.1, 0.15) is 17.5 Å². The summed E-state index contributed by atoms with van der Waals surface area (Å²) < 4.78 is 11.4. The molecular formula is C24H26Cl2N4O3. The number of nitrogens with zero attached hydrogens (tertiary/aromatic N) is 2. The van der Waals surface area contributed by atoms with Crippen LogP contribution in [0.25, 0.3) is 11.1 Å². The smallest absolute Gasteiger partial charge is 0.166 e. The van der Waals surface area contributed by atoms with Gasteiger partial charge in [0.2, 0.25) is 0 Å². The summed E-state index contributed by atoms with van der Waals surface area (Å²) in [7, 11) is 1.54. The van der Waals surface area contributed by atoms with E-state index < -0.39 is 11.7 Å². The van der Waals surface area contributed by atoms with E-state index in [0.717, 1.165) is 24.2 Å². The van der Waals surface area contributed by atoms with E-state index >= 15 is 0 Å². The highest BCUT2D eigenvalue weighted by Gasteiger charge is 2.32. The number of hydrogen-bond acceptors (Lipinski definition) is 7. The van der Waals surface area contributed by atoms with Crippen LogP contribution in [-0.4, -0.2) is 35.3 Å². The molecule has 1 unspecified atom stereocenters. The van der Waals surface area contributed by atoms with E-state index in [2.05, 4.69) is 15.3 Å². The summed E-state index contributed by atoms with van der Waals surface area (Å²) in [4.78, 5) is 8.81. The predicted octanol–water partition coefficient (Wildman–Crippen LogP) is 4.75. The van der Waals surface area contributed by atoms with Gasteiger partial charge in [0.15, 0.2) is 11.6 Å². The van der Waals surface area contributed by atoms with Gasteiger partial charge < -0.3 is 25.6 Å². The molecule has 4 rings (SSSR count). The number of nitrogens with one attached hydrogen (secondary N) is 1. The number of aromatic nitrogens is 2. The molecule has 174 valence electrons. The minimum Gasteiger partial charge on any atom is -0.495 e. The second kappa shape index (κ2) is 9.73. The number of anilines is 1. The van der Waals surface area contributed by atoms with Crippen LogP contribution in [-0.2, 0) is 5.60 Å². The summed E-state index contributed by atoms with van der Waals surface area (Å²) in [5, 5.41) is 15.0. The lowest BCUT2D eigenvalue weighted by Gasteiger charge is -2.32. The third-order valence-corrected chi connectivity index (χ3v) is 6.63. The van der Waals surface area contributed by atoms with Crippen LogP contribution in [0.4, 0.5) is 5.82 Å². The van der Waals surface area contributed by atoms with E-state index in [1.165, 1.54) is 0 Å². The first-order chi connectivity index (χ1) is 15.8. The second-order valence-corrected chi connectivity index (χ2v) is 8.84. The SMILES string of the molecule is COc1ccc(Cl)c(C(C)Oc2cc(-c3ccc(C4(O)CCNCC4)nc3)cnc2N)c1Cl. The number of nitrogen functional groups attached to an aromatic ring is 1. The molecule has 0 amide bonds. The molecule has 0 radical (unpaired) electrons. The zero-order valence-corrected chi connectivity index (χ0v) is 20.0. The number of nitrogens with two attached hydrogens (primary N) is 1. The molecule has 1 aliphatic heterocycles. The van der Waals surface area contributed by atoms with Crippen molar-refractivity contribution in [1.82, 2.24) is 15.3 Å². The average molecular weight is 489 g/mol. The predicted molar refractivity (Wildman–Crippen MR) is 130 cm³/mol. The highest BCUT2D eigenvalue weighted by molar-refractivity contribution is 6.37. The maximum atomic E-state index is 10.9. The lowest BCUT2D eigenvalue weighted by molar-refractivity contribution is 0.00190. The molecule has 1 saturated heterocycles. The van der Waals surface area contributed by atoms with Crippen molar-refractivity contribution in [3.8, 4) is 22.6 Å². The number of benzene rings is 1. The Hall–Kier alpha value is -2.58. The van der Waals surface area contributed by atoms with Crippen LogP contribution in [0.15, 0.2) is 42.7 Å². The van der Waals surface area contributed by atoms with Crippen molar-refractivity contribution in [2.24, 2.45) is 0 Å². The summed E-state index contributed by atoms with van der Waals surface area (Å²) in [6.07, 6.45) is 4.15. The van der Waals surface area contributed by atoms with Crippen molar-refractivity contribution in [3.63, 3.8) is 0 Å². The number of pyridine rings is 2. The van der Waals surface area contributed by atoms with Crippen LogP contribution in [0.1, 0.15) is 37.1 Å². The lowest BCUT2D eigenvalue weighted by atomic mass is 9.88. The summed E-state index contributed by atoms with van der Waals surface area (Å²) in [5.74, 6) is 1.15. The van der Waals surface area contributed by atoms with Crippen molar-refractivity contribution in [3.05, 3.63) is 64.0 Å².